The van der Waals surface area contributed by atoms with Gasteiger partial charge in [-0.15, -0.1) is 0 Å². The van der Waals surface area contributed by atoms with Gasteiger partial charge in [0.2, 0.25) is 0 Å². The molecule has 0 bridgehead atoms. The molecule has 5 heteroatoms. The van der Waals surface area contributed by atoms with Gasteiger partial charge in [0, 0.05) is 0 Å². The Kier molecular flexibility index (Phi) is 2.94. The fourth-order valence-corrected chi connectivity index (χ4v) is 2.03. The summed E-state index contributed by atoms with van der Waals surface area (Å²) in [6.07, 6.45) is 0. The second-order valence-corrected chi connectivity index (χ2v) is 4.84. The van der Waals surface area contributed by atoms with E-state index in [4.69, 9.17) is 0 Å². The molecule has 4 nitrogen and oxygen atoms in total. The van der Waals surface area contributed by atoms with Gasteiger partial charge in [0.05, 0.1) is 4.90 Å². The van der Waals surface area contributed by atoms with Crippen molar-refractivity contribution in [3.8, 4) is 0 Å². The van der Waals surface area contributed by atoms with Gasteiger partial charge in [0.1, 0.15) is 0 Å². The first-order valence-electron chi connectivity index (χ1n) is 4.04. The molecule has 0 amide bonds. The van der Waals surface area contributed by atoms with E-state index in [1.165, 1.54) is 26.0 Å². The number of hydrogen-bond donors (Lipinski definition) is 1. The third kappa shape index (κ3) is 3.10. The van der Waals surface area contributed by atoms with E-state index < -0.39 is 15.9 Å². The normalized spacial score (nSPS) is 12.8. The van der Waals surface area contributed by atoms with Crippen molar-refractivity contribution in [2.75, 3.05) is 0 Å². The van der Waals surface area contributed by atoms with Crippen LogP contribution in [-0.2, 0) is 14.3 Å². The topological polar surface area (TPSA) is 63.6 Å². The molecule has 1 rings (SSSR count). The molecule has 0 aliphatic rings. The molecule has 0 fully saturated rings. The summed E-state index contributed by atoms with van der Waals surface area (Å²) in [6.45, 7) is 2.51. The Morgan fingerprint density at radius 1 is 1.21 bits per heavy atom. The number of rotatable bonds is 3. The SMILES string of the molecule is CC(C)(O)OS(=O)(=O)c1ccccc1. The molecule has 0 saturated carbocycles. The first kappa shape index (κ1) is 11.2. The average Bonchev–Trinajstić information content (AvgIpc) is 2.01. The van der Waals surface area contributed by atoms with E-state index in [0.717, 1.165) is 0 Å². The molecule has 0 heterocycles. The molecule has 1 N–H and O–H groups in total. The zero-order chi connectivity index (χ0) is 10.8. The molecule has 0 aliphatic carbocycles. The van der Waals surface area contributed by atoms with Gasteiger partial charge in [-0.2, -0.15) is 8.42 Å². The van der Waals surface area contributed by atoms with Gasteiger partial charge in [-0.3, -0.25) is 0 Å². The maximum absolute atomic E-state index is 11.5. The van der Waals surface area contributed by atoms with Gasteiger partial charge in [-0.1, -0.05) is 18.2 Å². The van der Waals surface area contributed by atoms with Gasteiger partial charge >= 0.3 is 0 Å². The summed E-state index contributed by atoms with van der Waals surface area (Å²) < 4.78 is 27.5. The van der Waals surface area contributed by atoms with Crippen LogP contribution in [0.25, 0.3) is 0 Å². The molecule has 0 unspecified atom stereocenters. The lowest BCUT2D eigenvalue weighted by Crippen LogP contribution is -2.27. The fourth-order valence-electron chi connectivity index (χ4n) is 0.904. The minimum Gasteiger partial charge on any atom is -0.365 e. The zero-order valence-electron chi connectivity index (χ0n) is 7.97. The average molecular weight is 216 g/mol. The number of benzene rings is 1. The van der Waals surface area contributed by atoms with E-state index in [-0.39, 0.29) is 4.90 Å². The quantitative estimate of drug-likeness (QED) is 0.607. The number of hydrogen-bond acceptors (Lipinski definition) is 4. The summed E-state index contributed by atoms with van der Waals surface area (Å²) in [5.74, 6) is -1.70. The van der Waals surface area contributed by atoms with Crippen LogP contribution in [0.4, 0.5) is 0 Å². The van der Waals surface area contributed by atoms with Crippen molar-refractivity contribution in [3.05, 3.63) is 30.3 Å². The van der Waals surface area contributed by atoms with Gasteiger partial charge < -0.3 is 5.11 Å². The smallest absolute Gasteiger partial charge is 0.299 e. The highest BCUT2D eigenvalue weighted by Gasteiger charge is 2.24. The second kappa shape index (κ2) is 3.68. The summed E-state index contributed by atoms with van der Waals surface area (Å²) in [5.41, 5.74) is 0. The van der Waals surface area contributed by atoms with Gasteiger partial charge in [0.15, 0.2) is 5.79 Å². The molecule has 0 aliphatic heterocycles. The maximum Gasteiger partial charge on any atom is 0.299 e. The van der Waals surface area contributed by atoms with Crippen LogP contribution in [0.2, 0.25) is 0 Å². The van der Waals surface area contributed by atoms with Crippen LogP contribution in [0.3, 0.4) is 0 Å². The standard InChI is InChI=1S/C9H12O4S/c1-9(2,10)13-14(11,12)8-6-4-3-5-7-8/h3-7,10H,1-2H3. The van der Waals surface area contributed by atoms with Crippen molar-refractivity contribution >= 4 is 10.1 Å². The van der Waals surface area contributed by atoms with Crippen LogP contribution in [0.1, 0.15) is 13.8 Å². The molecule has 0 radical (unpaired) electrons. The molecule has 14 heavy (non-hydrogen) atoms. The molecule has 0 saturated heterocycles. The molecular weight excluding hydrogens is 204 g/mol. The Morgan fingerprint density at radius 3 is 2.14 bits per heavy atom. The first-order valence-corrected chi connectivity index (χ1v) is 5.45. The van der Waals surface area contributed by atoms with Crippen molar-refractivity contribution < 1.29 is 17.7 Å². The Hall–Kier alpha value is -0.910. The molecular formula is C9H12O4S. The Bertz CT molecular complexity index is 389. The molecule has 1 aromatic rings. The van der Waals surface area contributed by atoms with Gasteiger partial charge in [-0.25, -0.2) is 4.18 Å². The van der Waals surface area contributed by atoms with Crippen LogP contribution >= 0.6 is 0 Å². The Balaban J connectivity index is 2.99. The van der Waals surface area contributed by atoms with Gasteiger partial charge in [0.25, 0.3) is 10.1 Å². The minimum atomic E-state index is -3.87. The van der Waals surface area contributed by atoms with E-state index in [0.29, 0.717) is 0 Å². The lowest BCUT2D eigenvalue weighted by atomic mass is 10.4. The Labute approximate surface area is 83.3 Å². The summed E-state index contributed by atoms with van der Waals surface area (Å²) in [5, 5.41) is 9.21. The largest absolute Gasteiger partial charge is 0.365 e. The molecule has 0 aromatic heterocycles. The van der Waals surface area contributed by atoms with Gasteiger partial charge in [-0.05, 0) is 26.0 Å². The van der Waals surface area contributed by atoms with Crippen LogP contribution in [0.5, 0.6) is 0 Å². The zero-order valence-corrected chi connectivity index (χ0v) is 8.78. The van der Waals surface area contributed by atoms with Crippen molar-refractivity contribution in [1.29, 1.82) is 0 Å². The summed E-state index contributed by atoms with van der Waals surface area (Å²) >= 11 is 0. The maximum atomic E-state index is 11.5. The van der Waals surface area contributed by atoms with Crippen LogP contribution in [0, 0.1) is 0 Å². The van der Waals surface area contributed by atoms with Crippen LogP contribution in [-0.4, -0.2) is 19.3 Å². The van der Waals surface area contributed by atoms with E-state index >= 15 is 0 Å². The highest BCUT2D eigenvalue weighted by Crippen LogP contribution is 2.17. The third-order valence-electron chi connectivity index (χ3n) is 1.35. The number of aliphatic hydroxyl groups is 1. The Morgan fingerprint density at radius 2 is 1.71 bits per heavy atom. The van der Waals surface area contributed by atoms with E-state index in [1.807, 2.05) is 0 Å². The van der Waals surface area contributed by atoms with E-state index in [1.54, 1.807) is 18.2 Å². The predicted octanol–water partition coefficient (Wildman–Crippen LogP) is 1.12. The van der Waals surface area contributed by atoms with Crippen molar-refractivity contribution in [2.24, 2.45) is 0 Å². The van der Waals surface area contributed by atoms with Crippen molar-refractivity contribution in [1.82, 2.24) is 0 Å². The first-order chi connectivity index (χ1) is 6.31. The molecule has 0 atom stereocenters. The lowest BCUT2D eigenvalue weighted by molar-refractivity contribution is -0.0994. The molecule has 0 spiro atoms. The minimum absolute atomic E-state index is 0.0297. The highest BCUT2D eigenvalue weighted by atomic mass is 32.2. The predicted molar refractivity (Wildman–Crippen MR) is 51.0 cm³/mol. The van der Waals surface area contributed by atoms with E-state index in [2.05, 4.69) is 4.18 Å². The molecule has 78 valence electrons. The monoisotopic (exact) mass is 216 g/mol. The van der Waals surface area contributed by atoms with E-state index in [9.17, 15) is 13.5 Å². The summed E-state index contributed by atoms with van der Waals surface area (Å²) in [4.78, 5) is 0.0297. The van der Waals surface area contributed by atoms with Crippen LogP contribution in [0.15, 0.2) is 35.2 Å². The summed E-state index contributed by atoms with van der Waals surface area (Å²) in [7, 11) is -3.87. The highest BCUT2D eigenvalue weighted by molar-refractivity contribution is 7.86. The van der Waals surface area contributed by atoms with Crippen molar-refractivity contribution in [3.63, 3.8) is 0 Å². The lowest BCUT2D eigenvalue weighted by Gasteiger charge is -2.17. The molecule has 1 aromatic carbocycles. The summed E-state index contributed by atoms with van der Waals surface area (Å²) in [6, 6.07) is 7.67. The third-order valence-corrected chi connectivity index (χ3v) is 2.82. The van der Waals surface area contributed by atoms with Crippen molar-refractivity contribution in [2.45, 2.75) is 24.5 Å². The van der Waals surface area contributed by atoms with Crippen LogP contribution < -0.4 is 0 Å². The fraction of sp³-hybridized carbons (Fsp3) is 0.333. The second-order valence-electron chi connectivity index (χ2n) is 3.30.